The van der Waals surface area contributed by atoms with Crippen molar-refractivity contribution in [3.05, 3.63) is 92.4 Å². The third-order valence-electron chi connectivity index (χ3n) is 4.37. The van der Waals surface area contributed by atoms with E-state index in [4.69, 9.17) is 21.1 Å². The summed E-state index contributed by atoms with van der Waals surface area (Å²) in [6, 6.07) is 21.3. The van der Waals surface area contributed by atoms with Crippen LogP contribution < -0.4 is 9.47 Å². The van der Waals surface area contributed by atoms with Crippen molar-refractivity contribution in [2.24, 2.45) is 0 Å². The number of ether oxygens (including phenoxy) is 2. The molecule has 3 aromatic rings. The van der Waals surface area contributed by atoms with Gasteiger partial charge in [0.2, 0.25) is 0 Å². The minimum atomic E-state index is 0.437. The zero-order valence-electron chi connectivity index (χ0n) is 16.1. The lowest BCUT2D eigenvalue weighted by Gasteiger charge is -2.13. The van der Waals surface area contributed by atoms with Gasteiger partial charge >= 0.3 is 0 Å². The second-order valence-electron chi connectivity index (χ2n) is 6.48. The molecule has 0 saturated heterocycles. The fourth-order valence-electron chi connectivity index (χ4n) is 2.74. The normalized spacial score (nSPS) is 11.1. The van der Waals surface area contributed by atoms with E-state index in [0.29, 0.717) is 28.7 Å². The van der Waals surface area contributed by atoms with Crippen molar-refractivity contribution >= 4 is 39.2 Å². The van der Waals surface area contributed by atoms with Crippen LogP contribution in [0.1, 0.15) is 22.3 Å². The van der Waals surface area contributed by atoms with E-state index in [0.717, 1.165) is 21.2 Å². The standard InChI is InChI=1S/C24H19BrClNO2/c1-16-3-5-17(6-4-16)15-29-24-13-22(25)19(12-23(24)28-2)11-20(14-27)18-7-9-21(26)10-8-18/h3-13H,15H2,1-2H3. The number of benzene rings is 3. The van der Waals surface area contributed by atoms with Gasteiger partial charge in [-0.1, -0.05) is 69.5 Å². The second-order valence-corrected chi connectivity index (χ2v) is 7.77. The maximum Gasteiger partial charge on any atom is 0.162 e. The van der Waals surface area contributed by atoms with Crippen molar-refractivity contribution in [1.82, 2.24) is 0 Å². The van der Waals surface area contributed by atoms with Gasteiger partial charge in [0.25, 0.3) is 0 Å². The van der Waals surface area contributed by atoms with Crippen LogP contribution in [0.25, 0.3) is 11.6 Å². The molecule has 3 rings (SSSR count). The van der Waals surface area contributed by atoms with E-state index < -0.39 is 0 Å². The molecule has 0 heterocycles. The molecule has 0 aliphatic carbocycles. The lowest BCUT2D eigenvalue weighted by Crippen LogP contribution is -1.98. The van der Waals surface area contributed by atoms with Gasteiger partial charge in [0.05, 0.1) is 18.8 Å². The molecule has 0 aromatic heterocycles. The Balaban J connectivity index is 1.88. The van der Waals surface area contributed by atoms with Crippen LogP contribution in [0.15, 0.2) is 65.1 Å². The van der Waals surface area contributed by atoms with E-state index in [-0.39, 0.29) is 0 Å². The van der Waals surface area contributed by atoms with Crippen LogP contribution in [-0.2, 0) is 6.61 Å². The smallest absolute Gasteiger partial charge is 0.162 e. The van der Waals surface area contributed by atoms with Gasteiger partial charge in [-0.05, 0) is 54.0 Å². The molecule has 0 bridgehead atoms. The minimum absolute atomic E-state index is 0.437. The first-order valence-electron chi connectivity index (χ1n) is 8.94. The predicted octanol–water partition coefficient (Wildman–Crippen LogP) is 7.06. The number of hydrogen-bond acceptors (Lipinski definition) is 3. The molecule has 0 aliphatic rings. The SMILES string of the molecule is COc1cc(C=C(C#N)c2ccc(Cl)cc2)c(Br)cc1OCc1ccc(C)cc1. The molecule has 0 N–H and O–H groups in total. The fourth-order valence-corrected chi connectivity index (χ4v) is 3.31. The number of methoxy groups -OCH3 is 1. The number of allylic oxidation sites excluding steroid dienone is 1. The molecule has 0 aliphatic heterocycles. The van der Waals surface area contributed by atoms with Crippen LogP contribution in [0.5, 0.6) is 11.5 Å². The summed E-state index contributed by atoms with van der Waals surface area (Å²) in [6.07, 6.45) is 1.81. The monoisotopic (exact) mass is 467 g/mol. The maximum absolute atomic E-state index is 9.59. The van der Waals surface area contributed by atoms with Crippen LogP contribution in [-0.4, -0.2) is 7.11 Å². The first-order valence-corrected chi connectivity index (χ1v) is 10.1. The summed E-state index contributed by atoms with van der Waals surface area (Å²) in [6.45, 7) is 2.49. The number of nitrogens with zero attached hydrogens (tertiary/aromatic N) is 1. The molecular weight excluding hydrogens is 450 g/mol. The molecule has 146 valence electrons. The highest BCUT2D eigenvalue weighted by atomic mass is 79.9. The lowest BCUT2D eigenvalue weighted by atomic mass is 10.0. The van der Waals surface area contributed by atoms with E-state index in [1.807, 2.05) is 36.4 Å². The quantitative estimate of drug-likeness (QED) is 0.287. The number of nitriles is 1. The Kier molecular flexibility index (Phi) is 6.98. The lowest BCUT2D eigenvalue weighted by molar-refractivity contribution is 0.284. The summed E-state index contributed by atoms with van der Waals surface area (Å²) in [5.74, 6) is 1.22. The minimum Gasteiger partial charge on any atom is -0.493 e. The molecule has 0 amide bonds. The van der Waals surface area contributed by atoms with Crippen LogP contribution in [0.3, 0.4) is 0 Å². The highest BCUT2D eigenvalue weighted by Gasteiger charge is 2.11. The molecule has 0 saturated carbocycles. The molecule has 0 atom stereocenters. The van der Waals surface area contributed by atoms with E-state index in [1.165, 1.54) is 5.56 Å². The van der Waals surface area contributed by atoms with Crippen molar-refractivity contribution in [3.8, 4) is 17.6 Å². The Morgan fingerprint density at radius 3 is 2.38 bits per heavy atom. The van der Waals surface area contributed by atoms with Gasteiger partial charge in [-0.3, -0.25) is 0 Å². The van der Waals surface area contributed by atoms with Crippen molar-refractivity contribution in [2.45, 2.75) is 13.5 Å². The van der Waals surface area contributed by atoms with Crippen LogP contribution in [0.4, 0.5) is 0 Å². The summed E-state index contributed by atoms with van der Waals surface area (Å²) >= 11 is 9.52. The summed E-state index contributed by atoms with van der Waals surface area (Å²) in [4.78, 5) is 0. The van der Waals surface area contributed by atoms with Gasteiger partial charge in [-0.15, -0.1) is 0 Å². The Labute approximate surface area is 184 Å². The van der Waals surface area contributed by atoms with E-state index >= 15 is 0 Å². The van der Waals surface area contributed by atoms with Crippen molar-refractivity contribution in [3.63, 3.8) is 0 Å². The number of hydrogen-bond donors (Lipinski definition) is 0. The average molecular weight is 469 g/mol. The molecular formula is C24H19BrClNO2. The Bertz CT molecular complexity index is 1070. The average Bonchev–Trinajstić information content (AvgIpc) is 2.73. The van der Waals surface area contributed by atoms with Crippen LogP contribution in [0.2, 0.25) is 5.02 Å². The molecule has 3 aromatic carbocycles. The molecule has 3 nitrogen and oxygen atoms in total. The molecule has 0 radical (unpaired) electrons. The summed E-state index contributed by atoms with van der Waals surface area (Å²) in [5, 5.41) is 10.2. The highest BCUT2D eigenvalue weighted by molar-refractivity contribution is 9.10. The summed E-state index contributed by atoms with van der Waals surface area (Å²) in [5.41, 5.74) is 4.42. The number of rotatable bonds is 6. The molecule has 5 heteroatoms. The third-order valence-corrected chi connectivity index (χ3v) is 5.31. The first kappa shape index (κ1) is 21.0. The van der Waals surface area contributed by atoms with Gasteiger partial charge < -0.3 is 9.47 Å². The predicted molar refractivity (Wildman–Crippen MR) is 121 cm³/mol. The highest BCUT2D eigenvalue weighted by Crippen LogP contribution is 2.36. The summed E-state index contributed by atoms with van der Waals surface area (Å²) in [7, 11) is 1.60. The summed E-state index contributed by atoms with van der Waals surface area (Å²) < 4.78 is 12.3. The van der Waals surface area contributed by atoms with Gasteiger partial charge in [0.15, 0.2) is 11.5 Å². The van der Waals surface area contributed by atoms with Crippen molar-refractivity contribution in [1.29, 1.82) is 5.26 Å². The Hall–Kier alpha value is -2.74. The molecule has 0 unspecified atom stereocenters. The number of aryl methyl sites for hydroxylation is 1. The van der Waals surface area contributed by atoms with Gasteiger partial charge in [-0.2, -0.15) is 5.26 Å². The largest absolute Gasteiger partial charge is 0.493 e. The first-order chi connectivity index (χ1) is 14.0. The maximum atomic E-state index is 9.59. The molecule has 0 spiro atoms. The van der Waals surface area contributed by atoms with E-state index in [9.17, 15) is 5.26 Å². The molecule has 29 heavy (non-hydrogen) atoms. The van der Waals surface area contributed by atoms with Crippen molar-refractivity contribution < 1.29 is 9.47 Å². The van der Waals surface area contributed by atoms with Gasteiger partial charge in [0, 0.05) is 9.50 Å². The Morgan fingerprint density at radius 1 is 1.07 bits per heavy atom. The van der Waals surface area contributed by atoms with Gasteiger partial charge in [0.1, 0.15) is 6.61 Å². The second kappa shape index (κ2) is 9.65. The van der Waals surface area contributed by atoms with Crippen LogP contribution >= 0.6 is 27.5 Å². The van der Waals surface area contributed by atoms with E-state index in [2.05, 4.69) is 41.1 Å². The third kappa shape index (κ3) is 5.41. The Morgan fingerprint density at radius 2 is 1.76 bits per heavy atom. The van der Waals surface area contributed by atoms with Crippen molar-refractivity contribution in [2.75, 3.05) is 7.11 Å². The fraction of sp³-hybridized carbons (Fsp3) is 0.125. The topological polar surface area (TPSA) is 42.2 Å². The molecule has 0 fully saturated rings. The van der Waals surface area contributed by atoms with Crippen LogP contribution in [0, 0.1) is 18.3 Å². The number of halogens is 2. The van der Waals surface area contributed by atoms with Gasteiger partial charge in [-0.25, -0.2) is 0 Å². The zero-order valence-corrected chi connectivity index (χ0v) is 18.4. The zero-order chi connectivity index (χ0) is 20.8. The van der Waals surface area contributed by atoms with E-state index in [1.54, 1.807) is 25.3 Å².